The van der Waals surface area contributed by atoms with Gasteiger partial charge in [0.2, 0.25) is 0 Å². The Hall–Kier alpha value is -2.43. The zero-order chi connectivity index (χ0) is 17.2. The summed E-state index contributed by atoms with van der Waals surface area (Å²) in [6.45, 7) is 2.19. The second kappa shape index (κ2) is 6.82. The fraction of sp³-hybridized carbons (Fsp3) is 0.450. The Bertz CT molecular complexity index is 753. The Labute approximate surface area is 148 Å². The summed E-state index contributed by atoms with van der Waals surface area (Å²) >= 11 is 0. The molecule has 1 aliphatic carbocycles. The van der Waals surface area contributed by atoms with Crippen molar-refractivity contribution in [2.45, 2.75) is 57.5 Å². The highest BCUT2D eigenvalue weighted by Crippen LogP contribution is 2.36. The number of benzene rings is 1. The Morgan fingerprint density at radius 2 is 1.88 bits per heavy atom. The first-order valence-electron chi connectivity index (χ1n) is 9.24. The van der Waals surface area contributed by atoms with Crippen LogP contribution in [0.1, 0.15) is 55.1 Å². The van der Waals surface area contributed by atoms with Gasteiger partial charge in [-0.05, 0) is 49.9 Å². The van der Waals surface area contributed by atoms with Gasteiger partial charge in [0.1, 0.15) is 0 Å². The lowest BCUT2D eigenvalue weighted by Gasteiger charge is -2.24. The number of amides is 1. The van der Waals surface area contributed by atoms with E-state index >= 15 is 0 Å². The molecule has 4 rings (SSSR count). The van der Waals surface area contributed by atoms with Gasteiger partial charge < -0.3 is 10.2 Å². The first kappa shape index (κ1) is 16.1. The van der Waals surface area contributed by atoms with E-state index in [1.165, 1.54) is 30.5 Å². The molecule has 5 heteroatoms. The van der Waals surface area contributed by atoms with Crippen LogP contribution in [0, 0.1) is 0 Å². The molecule has 5 nitrogen and oxygen atoms in total. The van der Waals surface area contributed by atoms with E-state index < -0.39 is 0 Å². The molecule has 1 fully saturated rings. The van der Waals surface area contributed by atoms with Crippen LogP contribution in [0.5, 0.6) is 0 Å². The molecule has 1 saturated carbocycles. The maximum absolute atomic E-state index is 12.4. The molecule has 25 heavy (non-hydrogen) atoms. The molecule has 0 radical (unpaired) electrons. The molecule has 2 aliphatic rings. The summed E-state index contributed by atoms with van der Waals surface area (Å²) in [5.74, 6) is 0.687. The van der Waals surface area contributed by atoms with Crippen molar-refractivity contribution in [1.29, 1.82) is 0 Å². The fourth-order valence-corrected chi connectivity index (χ4v) is 4.00. The van der Waals surface area contributed by atoms with Gasteiger partial charge in [-0.1, -0.05) is 37.5 Å². The smallest absolute Gasteiger partial charge is 0.272 e. The maximum atomic E-state index is 12.4. The summed E-state index contributed by atoms with van der Waals surface area (Å²) in [5.41, 5.74) is 2.91. The van der Waals surface area contributed by atoms with Crippen molar-refractivity contribution in [3.05, 3.63) is 47.7 Å². The number of carbonyl (C=O) groups is 1. The van der Waals surface area contributed by atoms with Crippen LogP contribution in [-0.4, -0.2) is 28.2 Å². The van der Waals surface area contributed by atoms with E-state index in [1.54, 1.807) is 6.07 Å². The maximum Gasteiger partial charge on any atom is 0.272 e. The Morgan fingerprint density at radius 3 is 2.64 bits per heavy atom. The molecule has 0 bridgehead atoms. The molecule has 1 aliphatic heterocycles. The lowest BCUT2D eigenvalue weighted by Crippen LogP contribution is -2.36. The van der Waals surface area contributed by atoms with Gasteiger partial charge >= 0.3 is 0 Å². The number of para-hydroxylation sites is 1. The number of nitrogens with zero attached hydrogens (tertiary/aromatic N) is 3. The van der Waals surface area contributed by atoms with Crippen LogP contribution >= 0.6 is 0 Å². The normalized spacial score (nSPS) is 20.4. The highest BCUT2D eigenvalue weighted by atomic mass is 16.2. The van der Waals surface area contributed by atoms with E-state index in [0.717, 1.165) is 25.1 Å². The van der Waals surface area contributed by atoms with Crippen molar-refractivity contribution in [3.63, 3.8) is 0 Å². The number of fused-ring (bicyclic) bond motifs is 1. The second-order valence-corrected chi connectivity index (χ2v) is 7.14. The summed E-state index contributed by atoms with van der Waals surface area (Å²) in [7, 11) is 0. The number of nitrogens with one attached hydrogen (secondary N) is 1. The summed E-state index contributed by atoms with van der Waals surface area (Å²) in [4.78, 5) is 14.6. The third-order valence-corrected chi connectivity index (χ3v) is 5.28. The SMILES string of the molecule is CC1Cc2ccccc2N1c1ccc(C(=O)NC2CCCCC2)nn1. The zero-order valence-corrected chi connectivity index (χ0v) is 14.6. The number of hydrogen-bond donors (Lipinski definition) is 1. The van der Waals surface area contributed by atoms with Crippen molar-refractivity contribution in [2.75, 3.05) is 4.90 Å². The topological polar surface area (TPSA) is 58.1 Å². The van der Waals surface area contributed by atoms with E-state index in [9.17, 15) is 4.79 Å². The van der Waals surface area contributed by atoms with Crippen molar-refractivity contribution in [2.24, 2.45) is 0 Å². The Kier molecular flexibility index (Phi) is 4.38. The predicted octanol–water partition coefficient (Wildman–Crippen LogP) is 3.62. The van der Waals surface area contributed by atoms with Crippen molar-refractivity contribution in [1.82, 2.24) is 15.5 Å². The number of aromatic nitrogens is 2. The van der Waals surface area contributed by atoms with E-state index in [1.807, 2.05) is 12.1 Å². The standard InChI is InChI=1S/C20H24N4O/c1-14-13-15-7-5-6-10-18(15)24(14)19-12-11-17(22-23-19)20(25)21-16-8-3-2-4-9-16/h5-7,10-12,14,16H,2-4,8-9,13H2,1H3,(H,21,25). The highest BCUT2D eigenvalue weighted by Gasteiger charge is 2.28. The molecule has 0 spiro atoms. The molecule has 1 aromatic heterocycles. The number of rotatable bonds is 3. The van der Waals surface area contributed by atoms with Gasteiger partial charge in [0.05, 0.1) is 0 Å². The molecule has 2 aromatic rings. The summed E-state index contributed by atoms with van der Waals surface area (Å²) in [6, 6.07) is 12.7. The molecule has 1 N–H and O–H groups in total. The second-order valence-electron chi connectivity index (χ2n) is 7.14. The van der Waals surface area contributed by atoms with Gasteiger partial charge in [0.25, 0.3) is 5.91 Å². The van der Waals surface area contributed by atoms with Gasteiger partial charge in [0.15, 0.2) is 11.5 Å². The molecule has 130 valence electrons. The minimum absolute atomic E-state index is 0.110. The predicted molar refractivity (Wildman–Crippen MR) is 98.1 cm³/mol. The molecule has 0 saturated heterocycles. The van der Waals surface area contributed by atoms with Gasteiger partial charge in [-0.25, -0.2) is 0 Å². The van der Waals surface area contributed by atoms with Gasteiger partial charge in [-0.2, -0.15) is 0 Å². The highest BCUT2D eigenvalue weighted by molar-refractivity contribution is 5.92. The summed E-state index contributed by atoms with van der Waals surface area (Å²) in [6.07, 6.45) is 6.81. The van der Waals surface area contributed by atoms with Gasteiger partial charge in [-0.3, -0.25) is 4.79 Å². The van der Waals surface area contributed by atoms with E-state index in [0.29, 0.717) is 11.7 Å². The van der Waals surface area contributed by atoms with Crippen molar-refractivity contribution >= 4 is 17.4 Å². The molecular formula is C20H24N4O. The fourth-order valence-electron chi connectivity index (χ4n) is 4.00. The zero-order valence-electron chi connectivity index (χ0n) is 14.6. The minimum Gasteiger partial charge on any atom is -0.348 e. The molecule has 1 atom stereocenters. The average Bonchev–Trinajstić information content (AvgIpc) is 2.98. The molecule has 1 aromatic carbocycles. The first-order chi connectivity index (χ1) is 12.2. The van der Waals surface area contributed by atoms with Crippen LogP contribution in [0.15, 0.2) is 36.4 Å². The van der Waals surface area contributed by atoms with E-state index in [4.69, 9.17) is 0 Å². The van der Waals surface area contributed by atoms with Crippen LogP contribution in [0.2, 0.25) is 0 Å². The third-order valence-electron chi connectivity index (χ3n) is 5.28. The molecule has 2 heterocycles. The van der Waals surface area contributed by atoms with Crippen LogP contribution < -0.4 is 10.2 Å². The molecule has 1 unspecified atom stereocenters. The number of anilines is 2. The largest absolute Gasteiger partial charge is 0.348 e. The quantitative estimate of drug-likeness (QED) is 0.930. The van der Waals surface area contributed by atoms with Crippen molar-refractivity contribution < 1.29 is 4.79 Å². The monoisotopic (exact) mass is 336 g/mol. The third kappa shape index (κ3) is 3.23. The van der Waals surface area contributed by atoms with E-state index in [-0.39, 0.29) is 11.9 Å². The van der Waals surface area contributed by atoms with Crippen LogP contribution in [0.25, 0.3) is 0 Å². The number of carbonyl (C=O) groups excluding carboxylic acids is 1. The Balaban J connectivity index is 1.49. The van der Waals surface area contributed by atoms with Crippen LogP contribution in [0.4, 0.5) is 11.5 Å². The lowest BCUT2D eigenvalue weighted by molar-refractivity contribution is 0.0921. The number of hydrogen-bond acceptors (Lipinski definition) is 4. The first-order valence-corrected chi connectivity index (χ1v) is 9.24. The summed E-state index contributed by atoms with van der Waals surface area (Å²) < 4.78 is 0. The molecular weight excluding hydrogens is 312 g/mol. The summed E-state index contributed by atoms with van der Waals surface area (Å²) in [5, 5.41) is 11.6. The minimum atomic E-state index is -0.110. The lowest BCUT2D eigenvalue weighted by atomic mass is 9.95. The van der Waals surface area contributed by atoms with E-state index in [2.05, 4.69) is 45.5 Å². The molecule has 1 amide bonds. The average molecular weight is 336 g/mol. The Morgan fingerprint density at radius 1 is 1.08 bits per heavy atom. The van der Waals surface area contributed by atoms with Gasteiger partial charge in [-0.15, -0.1) is 10.2 Å². The van der Waals surface area contributed by atoms with Crippen LogP contribution in [-0.2, 0) is 6.42 Å². The van der Waals surface area contributed by atoms with Crippen molar-refractivity contribution in [3.8, 4) is 0 Å². The van der Waals surface area contributed by atoms with Crippen LogP contribution in [0.3, 0.4) is 0 Å². The van der Waals surface area contributed by atoms with Gasteiger partial charge in [0, 0.05) is 17.8 Å².